The number of ketones is 1. The molecule has 4 aromatic rings. The number of ether oxygens (including phenoxy) is 4. The molecule has 1 aliphatic carbocycles. The Balaban J connectivity index is 1.49. The maximum Gasteiger partial charge on any atom is 0.356 e. The molecule has 3 N–H and O–H groups in total. The third kappa shape index (κ3) is 7.29. The standard InChI is InChI=1S/C44H40BrClO12/c1-18-15-30(56-42(52)35-23(6)25(8)39(36(45)37(35)48)58-43(53)44(54)19(2)16-27(47)17-31(44)55-10)20(3)21(4)32(18)41(51)57-38-24(7)22(5)33(40(49)50)26(9)34(38)28-13-11-12-14-29(28)46/h11-17,48,54H,1-10H3,(H,49,50)/t44-/m1/s1. The zero-order valence-corrected chi connectivity index (χ0v) is 35.7. The highest BCUT2D eigenvalue weighted by molar-refractivity contribution is 9.10. The SMILES string of the molecule is COC1=CC(=O)C=C(C)[C@]1(O)C(=O)Oc1c(C)c(C)c(C(=O)Oc2cc(C)c(C(=O)Oc3c(C)c(C)c(C(=O)O)c(C)c3-c3ccccc3Cl)c(C)c2C)c(O)c1Br. The number of carbonyl (C=O) groups is 5. The Morgan fingerprint density at radius 1 is 0.724 bits per heavy atom. The first kappa shape index (κ1) is 43.4. The second-order valence-corrected chi connectivity index (χ2v) is 15.2. The molecule has 0 spiro atoms. The number of carboxylic acids is 1. The Morgan fingerprint density at radius 2 is 1.29 bits per heavy atom. The van der Waals surface area contributed by atoms with E-state index in [0.717, 1.165) is 12.2 Å². The molecule has 0 aromatic heterocycles. The Kier molecular flexibility index (Phi) is 12.1. The van der Waals surface area contributed by atoms with Crippen LogP contribution < -0.4 is 14.2 Å². The molecule has 302 valence electrons. The second-order valence-electron chi connectivity index (χ2n) is 14.0. The number of phenols is 1. The van der Waals surface area contributed by atoms with E-state index in [1.165, 1.54) is 33.9 Å². The van der Waals surface area contributed by atoms with Gasteiger partial charge in [0.2, 0.25) is 5.60 Å². The van der Waals surface area contributed by atoms with Crippen molar-refractivity contribution in [2.45, 2.75) is 67.9 Å². The van der Waals surface area contributed by atoms with Crippen LogP contribution in [0.4, 0.5) is 0 Å². The summed E-state index contributed by atoms with van der Waals surface area (Å²) >= 11 is 9.80. The number of hydrogen-bond acceptors (Lipinski definition) is 11. The zero-order valence-electron chi connectivity index (χ0n) is 33.3. The van der Waals surface area contributed by atoms with Gasteiger partial charge in [-0.05, 0) is 147 Å². The van der Waals surface area contributed by atoms with Crippen LogP contribution in [0.3, 0.4) is 0 Å². The third-order valence-electron chi connectivity index (χ3n) is 10.7. The number of carboxylic acid groups (broad SMARTS) is 1. The molecule has 1 aliphatic rings. The zero-order chi connectivity index (χ0) is 43.3. The number of rotatable bonds is 9. The van der Waals surface area contributed by atoms with Crippen molar-refractivity contribution in [1.82, 2.24) is 0 Å². The van der Waals surface area contributed by atoms with Gasteiger partial charge in [0.25, 0.3) is 0 Å². The lowest BCUT2D eigenvalue weighted by Crippen LogP contribution is -2.47. The minimum atomic E-state index is -2.44. The number of carbonyl (C=O) groups excluding carboxylic acids is 4. The Bertz CT molecular complexity index is 2540. The molecule has 58 heavy (non-hydrogen) atoms. The van der Waals surface area contributed by atoms with E-state index in [4.69, 9.17) is 30.5 Å². The number of halogens is 2. The topological polar surface area (TPSA) is 183 Å². The Labute approximate surface area is 347 Å². The lowest BCUT2D eigenvalue weighted by atomic mass is 9.87. The summed E-state index contributed by atoms with van der Waals surface area (Å²) in [6.45, 7) is 14.3. The lowest BCUT2D eigenvalue weighted by molar-refractivity contribution is -0.151. The lowest BCUT2D eigenvalue weighted by Gasteiger charge is -2.30. The molecule has 0 bridgehead atoms. The normalized spacial score (nSPS) is 15.0. The van der Waals surface area contributed by atoms with Crippen LogP contribution in [0.2, 0.25) is 5.02 Å². The molecular weight excluding hydrogens is 836 g/mol. The molecule has 12 nitrogen and oxygen atoms in total. The van der Waals surface area contributed by atoms with Gasteiger partial charge >= 0.3 is 23.9 Å². The maximum atomic E-state index is 14.1. The van der Waals surface area contributed by atoms with Crippen molar-refractivity contribution in [3.63, 3.8) is 0 Å². The first-order chi connectivity index (χ1) is 27.1. The van der Waals surface area contributed by atoms with Crippen LogP contribution in [0.15, 0.2) is 58.3 Å². The Hall–Kier alpha value is -5.76. The van der Waals surface area contributed by atoms with E-state index in [9.17, 15) is 39.3 Å². The van der Waals surface area contributed by atoms with E-state index in [1.54, 1.807) is 65.8 Å². The number of aryl methyl sites for hydroxylation is 1. The van der Waals surface area contributed by atoms with E-state index >= 15 is 0 Å². The van der Waals surface area contributed by atoms with Crippen LogP contribution in [-0.4, -0.2) is 57.7 Å². The Morgan fingerprint density at radius 3 is 1.90 bits per heavy atom. The fourth-order valence-electron chi connectivity index (χ4n) is 7.03. The molecule has 0 fully saturated rings. The van der Waals surface area contributed by atoms with Crippen LogP contribution in [0.25, 0.3) is 11.1 Å². The summed E-state index contributed by atoms with van der Waals surface area (Å²) < 4.78 is 22.5. The van der Waals surface area contributed by atoms with Gasteiger partial charge < -0.3 is 34.3 Å². The molecule has 0 aliphatic heterocycles. The molecule has 0 amide bonds. The molecule has 0 heterocycles. The monoisotopic (exact) mass is 874 g/mol. The number of esters is 3. The number of methoxy groups -OCH3 is 1. The van der Waals surface area contributed by atoms with Crippen molar-refractivity contribution in [3.8, 4) is 34.1 Å². The van der Waals surface area contributed by atoms with Crippen LogP contribution in [0.1, 0.15) is 82.5 Å². The van der Waals surface area contributed by atoms with Crippen LogP contribution in [-0.2, 0) is 14.3 Å². The van der Waals surface area contributed by atoms with Crippen molar-refractivity contribution < 1.29 is 58.2 Å². The molecule has 0 saturated carbocycles. The average molecular weight is 876 g/mol. The number of allylic oxidation sites excluding steroid dienone is 2. The van der Waals surface area contributed by atoms with Gasteiger partial charge in [-0.2, -0.15) is 0 Å². The highest BCUT2D eigenvalue weighted by Crippen LogP contribution is 2.46. The molecule has 5 rings (SSSR count). The predicted molar refractivity (Wildman–Crippen MR) is 218 cm³/mol. The van der Waals surface area contributed by atoms with Gasteiger partial charge in [0, 0.05) is 22.2 Å². The van der Waals surface area contributed by atoms with Gasteiger partial charge in [0.1, 0.15) is 33.0 Å². The maximum absolute atomic E-state index is 14.1. The quantitative estimate of drug-likeness (QED) is 0.108. The van der Waals surface area contributed by atoms with Crippen molar-refractivity contribution >= 4 is 57.2 Å². The van der Waals surface area contributed by atoms with Gasteiger partial charge in [0.05, 0.1) is 18.2 Å². The summed E-state index contributed by atoms with van der Waals surface area (Å²) in [5.41, 5.74) is 1.23. The molecule has 4 aromatic carbocycles. The summed E-state index contributed by atoms with van der Waals surface area (Å²) in [5.74, 6) is -5.50. The summed E-state index contributed by atoms with van der Waals surface area (Å²) in [4.78, 5) is 65.7. The van der Waals surface area contributed by atoms with E-state index in [-0.39, 0.29) is 60.9 Å². The molecule has 14 heteroatoms. The van der Waals surface area contributed by atoms with Crippen molar-refractivity contribution in [1.29, 1.82) is 0 Å². The van der Waals surface area contributed by atoms with E-state index < -0.39 is 41.0 Å². The van der Waals surface area contributed by atoms with Gasteiger partial charge in [-0.15, -0.1) is 0 Å². The first-order valence-electron chi connectivity index (χ1n) is 17.7. The summed E-state index contributed by atoms with van der Waals surface area (Å²) in [7, 11) is 1.18. The minimum absolute atomic E-state index is 0.0476. The highest BCUT2D eigenvalue weighted by atomic mass is 79.9. The smallest absolute Gasteiger partial charge is 0.356 e. The van der Waals surface area contributed by atoms with Gasteiger partial charge in [0.15, 0.2) is 11.5 Å². The summed E-state index contributed by atoms with van der Waals surface area (Å²) in [5, 5.41) is 33.0. The van der Waals surface area contributed by atoms with Gasteiger partial charge in [-0.25, -0.2) is 19.2 Å². The van der Waals surface area contributed by atoms with Crippen molar-refractivity contribution in [2.75, 3.05) is 7.11 Å². The van der Waals surface area contributed by atoms with E-state index in [2.05, 4.69) is 15.9 Å². The average Bonchev–Trinajstić information content (AvgIpc) is 3.15. The fraction of sp³-hybridized carbons (Fsp3) is 0.250. The number of benzene rings is 4. The second kappa shape index (κ2) is 16.2. The number of hydrogen-bond donors (Lipinski definition) is 3. The summed E-state index contributed by atoms with van der Waals surface area (Å²) in [6, 6.07) is 8.33. The third-order valence-corrected chi connectivity index (χ3v) is 11.7. The van der Waals surface area contributed by atoms with Gasteiger partial charge in [-0.1, -0.05) is 29.8 Å². The minimum Gasteiger partial charge on any atom is -0.506 e. The van der Waals surface area contributed by atoms with Crippen LogP contribution >= 0.6 is 27.5 Å². The first-order valence-corrected chi connectivity index (χ1v) is 18.9. The summed E-state index contributed by atoms with van der Waals surface area (Å²) in [6.07, 6.45) is 2.03. The number of aromatic carboxylic acids is 1. The predicted octanol–water partition coefficient (Wildman–Crippen LogP) is 8.77. The van der Waals surface area contributed by atoms with Crippen molar-refractivity contribution in [2.24, 2.45) is 0 Å². The molecule has 1 atom stereocenters. The highest BCUT2D eigenvalue weighted by Gasteiger charge is 2.48. The molecule has 0 radical (unpaired) electrons. The van der Waals surface area contributed by atoms with E-state index in [1.807, 2.05) is 0 Å². The van der Waals surface area contributed by atoms with Crippen molar-refractivity contribution in [3.05, 3.63) is 125 Å². The number of aromatic hydroxyl groups is 1. The number of aliphatic hydroxyl groups is 1. The molecule has 0 saturated heterocycles. The van der Waals surface area contributed by atoms with Gasteiger partial charge in [-0.3, -0.25) is 4.79 Å². The van der Waals surface area contributed by atoms with E-state index in [0.29, 0.717) is 49.5 Å². The fourth-order valence-corrected chi connectivity index (χ4v) is 7.84. The number of phenolic OH excluding ortho intramolecular Hbond substituents is 1. The molecular formula is C44H40BrClO12. The van der Waals surface area contributed by atoms with Crippen LogP contribution in [0, 0.1) is 55.4 Å². The molecule has 0 unspecified atom stereocenters. The van der Waals surface area contributed by atoms with Crippen LogP contribution in [0.5, 0.6) is 23.0 Å². The largest absolute Gasteiger partial charge is 0.506 e.